The quantitative estimate of drug-likeness (QED) is 0.889. The number of primary amides is 1. The Hall–Kier alpha value is -2.15. The van der Waals surface area contributed by atoms with Crippen molar-refractivity contribution in [2.45, 2.75) is 45.6 Å². The number of nitrogens with zero attached hydrogens (tertiary/aromatic N) is 3. The molecule has 134 valence electrons. The summed E-state index contributed by atoms with van der Waals surface area (Å²) < 4.78 is 1.87. The van der Waals surface area contributed by atoms with E-state index in [1.165, 1.54) is 16.9 Å². The van der Waals surface area contributed by atoms with Gasteiger partial charge in [0.15, 0.2) is 0 Å². The molecular formula is C18H24N4O2S. The monoisotopic (exact) mass is 360 g/mol. The maximum absolute atomic E-state index is 12.8. The molecule has 1 aliphatic rings. The Bertz CT molecular complexity index is 808. The molecule has 1 atom stereocenters. The van der Waals surface area contributed by atoms with Gasteiger partial charge >= 0.3 is 0 Å². The van der Waals surface area contributed by atoms with Gasteiger partial charge in [0.2, 0.25) is 5.91 Å². The average Bonchev–Trinajstić information content (AvgIpc) is 3.26. The van der Waals surface area contributed by atoms with Crippen molar-refractivity contribution in [3.05, 3.63) is 38.8 Å². The topological polar surface area (TPSA) is 81.2 Å². The molecule has 0 saturated carbocycles. The van der Waals surface area contributed by atoms with Gasteiger partial charge in [-0.3, -0.25) is 14.3 Å². The number of thiophene rings is 1. The van der Waals surface area contributed by atoms with Crippen molar-refractivity contribution in [2.75, 3.05) is 6.54 Å². The Labute approximate surface area is 151 Å². The van der Waals surface area contributed by atoms with E-state index in [9.17, 15) is 9.59 Å². The lowest BCUT2D eigenvalue weighted by molar-refractivity contribution is -0.132. The van der Waals surface area contributed by atoms with Crippen molar-refractivity contribution in [2.24, 2.45) is 12.8 Å². The number of hydrogen-bond acceptors (Lipinski definition) is 4. The fourth-order valence-corrected chi connectivity index (χ4v) is 4.59. The van der Waals surface area contributed by atoms with Crippen LogP contribution in [0.5, 0.6) is 0 Å². The van der Waals surface area contributed by atoms with Crippen LogP contribution in [0.2, 0.25) is 0 Å². The van der Waals surface area contributed by atoms with Crippen molar-refractivity contribution in [3.8, 4) is 0 Å². The zero-order chi connectivity index (χ0) is 18.1. The maximum atomic E-state index is 12.8. The molecule has 25 heavy (non-hydrogen) atoms. The van der Waals surface area contributed by atoms with Crippen LogP contribution in [0.1, 0.15) is 56.8 Å². The molecule has 1 unspecified atom stereocenters. The Morgan fingerprint density at radius 1 is 1.36 bits per heavy atom. The van der Waals surface area contributed by atoms with Crippen molar-refractivity contribution in [3.63, 3.8) is 0 Å². The van der Waals surface area contributed by atoms with Gasteiger partial charge in [-0.15, -0.1) is 11.3 Å². The lowest BCUT2D eigenvalue weighted by Gasteiger charge is -2.24. The van der Waals surface area contributed by atoms with Crippen LogP contribution < -0.4 is 5.73 Å². The van der Waals surface area contributed by atoms with Crippen LogP contribution in [-0.2, 0) is 18.3 Å². The normalized spacial score (nSPS) is 17.2. The van der Waals surface area contributed by atoms with Crippen LogP contribution >= 0.6 is 11.3 Å². The molecule has 0 radical (unpaired) electrons. The van der Waals surface area contributed by atoms with E-state index in [1.807, 2.05) is 36.5 Å². The summed E-state index contributed by atoms with van der Waals surface area (Å²) in [6.45, 7) is 4.80. The third-order valence-electron chi connectivity index (χ3n) is 5.02. The van der Waals surface area contributed by atoms with Gasteiger partial charge in [0.1, 0.15) is 0 Å². The SMILES string of the molecule is Cc1nn(C)c(C)c1CCC(=O)N1CCCC1c1ccc(C(N)=O)s1. The van der Waals surface area contributed by atoms with E-state index in [0.717, 1.165) is 35.7 Å². The number of likely N-dealkylation sites (tertiary alicyclic amines) is 1. The fraction of sp³-hybridized carbons (Fsp3) is 0.500. The fourth-order valence-electron chi connectivity index (χ4n) is 3.58. The highest BCUT2D eigenvalue weighted by Gasteiger charge is 2.31. The first kappa shape index (κ1) is 17.7. The van der Waals surface area contributed by atoms with E-state index in [4.69, 9.17) is 5.73 Å². The van der Waals surface area contributed by atoms with Gasteiger partial charge in [0.25, 0.3) is 5.91 Å². The lowest BCUT2D eigenvalue weighted by atomic mass is 10.1. The van der Waals surface area contributed by atoms with E-state index in [2.05, 4.69) is 5.10 Å². The Morgan fingerprint density at radius 3 is 2.72 bits per heavy atom. The first-order valence-electron chi connectivity index (χ1n) is 8.56. The zero-order valence-corrected chi connectivity index (χ0v) is 15.7. The van der Waals surface area contributed by atoms with Crippen LogP contribution in [-0.4, -0.2) is 33.0 Å². The summed E-state index contributed by atoms with van der Waals surface area (Å²) in [7, 11) is 1.93. The highest BCUT2D eigenvalue weighted by atomic mass is 32.1. The molecule has 1 aliphatic heterocycles. The van der Waals surface area contributed by atoms with Crippen LogP contribution in [0.15, 0.2) is 12.1 Å². The van der Waals surface area contributed by atoms with E-state index < -0.39 is 5.91 Å². The van der Waals surface area contributed by atoms with Gasteiger partial charge in [-0.05, 0) is 50.8 Å². The standard InChI is InChI=1S/C18H24N4O2S/c1-11-13(12(2)21(3)20-11)6-9-17(23)22-10-4-5-14(22)15-7-8-16(25-15)18(19)24/h7-8,14H,4-6,9-10H2,1-3H3,(H2,19,24). The number of aryl methyl sites for hydroxylation is 2. The highest BCUT2D eigenvalue weighted by molar-refractivity contribution is 7.14. The predicted molar refractivity (Wildman–Crippen MR) is 97.5 cm³/mol. The highest BCUT2D eigenvalue weighted by Crippen LogP contribution is 2.36. The second-order valence-corrected chi connectivity index (χ2v) is 7.70. The minimum Gasteiger partial charge on any atom is -0.365 e. The molecule has 6 nitrogen and oxygen atoms in total. The molecular weight excluding hydrogens is 336 g/mol. The molecule has 2 aromatic heterocycles. The minimum atomic E-state index is -0.408. The molecule has 2 amide bonds. The number of aromatic nitrogens is 2. The van der Waals surface area contributed by atoms with Crippen LogP contribution in [0.3, 0.4) is 0 Å². The maximum Gasteiger partial charge on any atom is 0.258 e. The largest absolute Gasteiger partial charge is 0.365 e. The molecule has 0 bridgehead atoms. The van der Waals surface area contributed by atoms with Gasteiger partial charge in [-0.2, -0.15) is 5.10 Å². The number of hydrogen-bond donors (Lipinski definition) is 1. The molecule has 1 saturated heterocycles. The molecule has 3 heterocycles. The third kappa shape index (κ3) is 3.46. The van der Waals surface area contributed by atoms with Gasteiger partial charge in [-0.25, -0.2) is 0 Å². The molecule has 1 fully saturated rings. The van der Waals surface area contributed by atoms with Gasteiger partial charge in [0, 0.05) is 30.6 Å². The van der Waals surface area contributed by atoms with Gasteiger partial charge < -0.3 is 10.6 Å². The molecule has 0 spiro atoms. The molecule has 3 rings (SSSR count). The minimum absolute atomic E-state index is 0.0710. The predicted octanol–water partition coefficient (Wildman–Crippen LogP) is 2.49. The second kappa shape index (κ2) is 7.00. The van der Waals surface area contributed by atoms with Crippen LogP contribution in [0, 0.1) is 13.8 Å². The Balaban J connectivity index is 1.69. The average molecular weight is 360 g/mol. The van der Waals surface area contributed by atoms with E-state index >= 15 is 0 Å². The third-order valence-corrected chi connectivity index (χ3v) is 6.22. The van der Waals surface area contributed by atoms with Crippen molar-refractivity contribution in [1.29, 1.82) is 0 Å². The number of nitrogens with two attached hydrogens (primary N) is 1. The Kier molecular flexibility index (Phi) is 4.94. The Morgan fingerprint density at radius 2 is 2.12 bits per heavy atom. The first-order chi connectivity index (χ1) is 11.9. The summed E-state index contributed by atoms with van der Waals surface area (Å²) in [5, 5.41) is 4.42. The van der Waals surface area contributed by atoms with Gasteiger partial charge in [-0.1, -0.05) is 0 Å². The number of rotatable bonds is 5. The molecule has 2 N–H and O–H groups in total. The van der Waals surface area contributed by atoms with Crippen LogP contribution in [0.25, 0.3) is 0 Å². The van der Waals surface area contributed by atoms with E-state index in [-0.39, 0.29) is 11.9 Å². The smallest absolute Gasteiger partial charge is 0.258 e. The number of amides is 2. The van der Waals surface area contributed by atoms with E-state index in [1.54, 1.807) is 6.07 Å². The number of carbonyl (C=O) groups is 2. The lowest BCUT2D eigenvalue weighted by Crippen LogP contribution is -2.30. The second-order valence-electron chi connectivity index (χ2n) is 6.58. The summed E-state index contributed by atoms with van der Waals surface area (Å²) in [6.07, 6.45) is 3.13. The number of carbonyl (C=O) groups excluding carboxylic acids is 2. The van der Waals surface area contributed by atoms with Crippen LogP contribution in [0.4, 0.5) is 0 Å². The summed E-state index contributed by atoms with van der Waals surface area (Å²) >= 11 is 1.40. The summed E-state index contributed by atoms with van der Waals surface area (Å²) in [4.78, 5) is 27.7. The van der Waals surface area contributed by atoms with Crippen molar-refractivity contribution in [1.82, 2.24) is 14.7 Å². The van der Waals surface area contributed by atoms with Crippen molar-refractivity contribution >= 4 is 23.2 Å². The summed E-state index contributed by atoms with van der Waals surface area (Å²) in [6, 6.07) is 3.75. The first-order valence-corrected chi connectivity index (χ1v) is 9.38. The van der Waals surface area contributed by atoms with Crippen molar-refractivity contribution < 1.29 is 9.59 Å². The molecule has 0 aromatic carbocycles. The zero-order valence-electron chi connectivity index (χ0n) is 14.9. The van der Waals surface area contributed by atoms with E-state index in [0.29, 0.717) is 17.7 Å². The summed E-state index contributed by atoms with van der Waals surface area (Å²) in [5.41, 5.74) is 8.62. The summed E-state index contributed by atoms with van der Waals surface area (Å²) in [5.74, 6) is -0.242. The van der Waals surface area contributed by atoms with Gasteiger partial charge in [0.05, 0.1) is 16.6 Å². The molecule has 0 aliphatic carbocycles. The molecule has 7 heteroatoms. The molecule has 2 aromatic rings.